The summed E-state index contributed by atoms with van der Waals surface area (Å²) in [7, 11) is 0. The van der Waals surface area contributed by atoms with Crippen molar-refractivity contribution in [2.75, 3.05) is 32.9 Å². The highest BCUT2D eigenvalue weighted by Gasteiger charge is 2.17. The number of amides is 1. The molecule has 0 saturated carbocycles. The van der Waals surface area contributed by atoms with Crippen molar-refractivity contribution in [2.24, 2.45) is 0 Å². The maximum absolute atomic E-state index is 11.8. The van der Waals surface area contributed by atoms with Gasteiger partial charge in [-0.15, -0.1) is 0 Å². The Kier molecular flexibility index (Phi) is 3.93. The van der Waals surface area contributed by atoms with Crippen LogP contribution < -0.4 is 4.74 Å². The second-order valence-corrected chi connectivity index (χ2v) is 3.95. The van der Waals surface area contributed by atoms with Gasteiger partial charge in [0.05, 0.1) is 13.2 Å². The number of nitrogens with zero attached hydrogens (tertiary/aromatic N) is 2. The molecule has 5 nitrogen and oxygen atoms in total. The predicted octanol–water partition coefficient (Wildman–Crippen LogP) is 0.628. The van der Waals surface area contributed by atoms with Crippen molar-refractivity contribution < 1.29 is 14.3 Å². The fourth-order valence-electron chi connectivity index (χ4n) is 1.63. The molecule has 0 radical (unpaired) electrons. The quantitative estimate of drug-likeness (QED) is 0.772. The molecule has 0 aromatic carbocycles. The van der Waals surface area contributed by atoms with Gasteiger partial charge in [0, 0.05) is 25.4 Å². The fourth-order valence-corrected chi connectivity index (χ4v) is 1.63. The molecule has 1 aromatic rings. The van der Waals surface area contributed by atoms with Gasteiger partial charge in [-0.05, 0) is 18.6 Å². The van der Waals surface area contributed by atoms with Crippen molar-refractivity contribution >= 4 is 5.91 Å². The summed E-state index contributed by atoms with van der Waals surface area (Å²) < 4.78 is 10.5. The molecular weight excluding hydrogens is 220 g/mol. The Bertz CT molecular complexity index is 389. The molecule has 0 aliphatic carbocycles. The lowest BCUT2D eigenvalue weighted by Gasteiger charge is -2.26. The topological polar surface area (TPSA) is 51.7 Å². The smallest absolute Gasteiger partial charge is 0.260 e. The van der Waals surface area contributed by atoms with E-state index in [2.05, 4.69) is 4.98 Å². The van der Waals surface area contributed by atoms with Crippen LogP contribution in [0.2, 0.25) is 0 Å². The summed E-state index contributed by atoms with van der Waals surface area (Å²) in [5, 5.41) is 0. The van der Waals surface area contributed by atoms with Gasteiger partial charge in [-0.2, -0.15) is 0 Å². The van der Waals surface area contributed by atoms with E-state index >= 15 is 0 Å². The van der Waals surface area contributed by atoms with Gasteiger partial charge in [0.1, 0.15) is 0 Å². The zero-order valence-electron chi connectivity index (χ0n) is 9.89. The Labute approximate surface area is 100 Å². The van der Waals surface area contributed by atoms with Gasteiger partial charge in [-0.1, -0.05) is 0 Å². The number of aromatic nitrogens is 1. The molecule has 2 heterocycles. The third-order valence-corrected chi connectivity index (χ3v) is 2.60. The van der Waals surface area contributed by atoms with E-state index in [0.29, 0.717) is 32.2 Å². The second-order valence-electron chi connectivity index (χ2n) is 3.95. The highest BCUT2D eigenvalue weighted by atomic mass is 16.5. The average Bonchev–Trinajstić information content (AvgIpc) is 2.37. The van der Waals surface area contributed by atoms with Gasteiger partial charge in [0.2, 0.25) is 5.88 Å². The third-order valence-electron chi connectivity index (χ3n) is 2.60. The van der Waals surface area contributed by atoms with E-state index < -0.39 is 0 Å². The molecule has 1 amide bonds. The van der Waals surface area contributed by atoms with Crippen molar-refractivity contribution in [3.8, 4) is 5.88 Å². The van der Waals surface area contributed by atoms with E-state index in [1.165, 1.54) is 0 Å². The van der Waals surface area contributed by atoms with E-state index in [9.17, 15) is 4.79 Å². The normalized spacial score (nSPS) is 15.7. The first-order chi connectivity index (χ1) is 8.25. The Morgan fingerprint density at radius 2 is 2.29 bits per heavy atom. The van der Waals surface area contributed by atoms with Crippen LogP contribution >= 0.6 is 0 Å². The Balaban J connectivity index is 1.83. The van der Waals surface area contributed by atoms with Crippen LogP contribution in [0.1, 0.15) is 5.56 Å². The Morgan fingerprint density at radius 1 is 1.53 bits per heavy atom. The molecule has 0 N–H and O–H groups in total. The number of morpholine rings is 1. The number of pyridine rings is 1. The van der Waals surface area contributed by atoms with Crippen molar-refractivity contribution in [1.29, 1.82) is 0 Å². The number of rotatable bonds is 3. The van der Waals surface area contributed by atoms with Gasteiger partial charge < -0.3 is 14.4 Å². The lowest BCUT2D eigenvalue weighted by Crippen LogP contribution is -2.43. The van der Waals surface area contributed by atoms with E-state index in [0.717, 1.165) is 5.56 Å². The zero-order valence-corrected chi connectivity index (χ0v) is 9.89. The summed E-state index contributed by atoms with van der Waals surface area (Å²) in [5.41, 5.74) is 1.06. The summed E-state index contributed by atoms with van der Waals surface area (Å²) in [6, 6.07) is 3.70. The maximum Gasteiger partial charge on any atom is 0.260 e. The van der Waals surface area contributed by atoms with Gasteiger partial charge in [-0.25, -0.2) is 4.98 Å². The minimum Gasteiger partial charge on any atom is -0.468 e. The standard InChI is InChI=1S/C12H16N2O3/c1-10-2-3-13-11(8-10)17-9-12(15)14-4-6-16-7-5-14/h2-3,8H,4-7,9H2,1H3. The van der Waals surface area contributed by atoms with Crippen LogP contribution in [0.25, 0.3) is 0 Å². The minimum absolute atomic E-state index is 0.0170. The van der Waals surface area contributed by atoms with Gasteiger partial charge in [-0.3, -0.25) is 4.79 Å². The molecule has 0 atom stereocenters. The Morgan fingerprint density at radius 3 is 3.00 bits per heavy atom. The fraction of sp³-hybridized carbons (Fsp3) is 0.500. The lowest BCUT2D eigenvalue weighted by molar-refractivity contribution is -0.137. The van der Waals surface area contributed by atoms with Crippen LogP contribution in [0.15, 0.2) is 18.3 Å². The molecule has 0 unspecified atom stereocenters. The van der Waals surface area contributed by atoms with Crippen molar-refractivity contribution in [1.82, 2.24) is 9.88 Å². The number of hydrogen-bond acceptors (Lipinski definition) is 4. The molecule has 2 rings (SSSR count). The zero-order chi connectivity index (χ0) is 12.1. The summed E-state index contributed by atoms with van der Waals surface area (Å²) in [6.07, 6.45) is 1.67. The number of ether oxygens (including phenoxy) is 2. The van der Waals surface area contributed by atoms with E-state index in [4.69, 9.17) is 9.47 Å². The van der Waals surface area contributed by atoms with Crippen molar-refractivity contribution in [3.05, 3.63) is 23.9 Å². The highest BCUT2D eigenvalue weighted by Crippen LogP contribution is 2.08. The predicted molar refractivity (Wildman–Crippen MR) is 61.9 cm³/mol. The summed E-state index contributed by atoms with van der Waals surface area (Å²) in [6.45, 7) is 4.49. The van der Waals surface area contributed by atoms with E-state index in [1.807, 2.05) is 19.1 Å². The third kappa shape index (κ3) is 3.42. The van der Waals surface area contributed by atoms with Crippen molar-refractivity contribution in [3.63, 3.8) is 0 Å². The first-order valence-electron chi connectivity index (χ1n) is 5.67. The van der Waals surface area contributed by atoms with E-state index in [-0.39, 0.29) is 12.5 Å². The van der Waals surface area contributed by atoms with Crippen LogP contribution in [0.5, 0.6) is 5.88 Å². The number of carbonyl (C=O) groups is 1. The molecule has 1 aromatic heterocycles. The SMILES string of the molecule is Cc1ccnc(OCC(=O)N2CCOCC2)c1. The van der Waals surface area contributed by atoms with Crippen LogP contribution in [0.4, 0.5) is 0 Å². The van der Waals surface area contributed by atoms with Crippen LogP contribution in [0.3, 0.4) is 0 Å². The van der Waals surface area contributed by atoms with E-state index in [1.54, 1.807) is 11.1 Å². The molecule has 17 heavy (non-hydrogen) atoms. The molecule has 0 spiro atoms. The molecule has 1 fully saturated rings. The molecule has 1 saturated heterocycles. The average molecular weight is 236 g/mol. The van der Waals surface area contributed by atoms with Gasteiger partial charge in [0.15, 0.2) is 6.61 Å². The molecule has 1 aliphatic rings. The monoisotopic (exact) mass is 236 g/mol. The number of carbonyl (C=O) groups excluding carboxylic acids is 1. The second kappa shape index (κ2) is 5.63. The summed E-state index contributed by atoms with van der Waals surface area (Å²) >= 11 is 0. The minimum atomic E-state index is -0.0170. The largest absolute Gasteiger partial charge is 0.468 e. The molecule has 1 aliphatic heterocycles. The summed E-state index contributed by atoms with van der Waals surface area (Å²) in [5.74, 6) is 0.475. The Hall–Kier alpha value is -1.62. The first-order valence-corrected chi connectivity index (χ1v) is 5.67. The molecule has 92 valence electrons. The maximum atomic E-state index is 11.8. The highest BCUT2D eigenvalue weighted by molar-refractivity contribution is 5.77. The van der Waals surface area contributed by atoms with Crippen LogP contribution in [-0.4, -0.2) is 48.7 Å². The van der Waals surface area contributed by atoms with Gasteiger partial charge >= 0.3 is 0 Å². The number of aryl methyl sites for hydroxylation is 1. The van der Waals surface area contributed by atoms with Crippen molar-refractivity contribution in [2.45, 2.75) is 6.92 Å². The molecule has 5 heteroatoms. The summed E-state index contributed by atoms with van der Waals surface area (Å²) in [4.78, 5) is 17.6. The lowest BCUT2D eigenvalue weighted by atomic mass is 10.3. The number of hydrogen-bond donors (Lipinski definition) is 0. The first kappa shape index (κ1) is 11.9. The molecular formula is C12H16N2O3. The van der Waals surface area contributed by atoms with Gasteiger partial charge in [0.25, 0.3) is 5.91 Å². The van der Waals surface area contributed by atoms with Crippen LogP contribution in [0, 0.1) is 6.92 Å². The van der Waals surface area contributed by atoms with Crippen LogP contribution in [-0.2, 0) is 9.53 Å². The molecule has 0 bridgehead atoms.